The Bertz CT molecular complexity index is 401. The van der Waals surface area contributed by atoms with E-state index in [9.17, 15) is 4.79 Å². The minimum absolute atomic E-state index is 0.00759. The van der Waals surface area contributed by atoms with Crippen molar-refractivity contribution in [2.75, 3.05) is 6.54 Å². The number of rotatable bonds is 4. The van der Waals surface area contributed by atoms with Gasteiger partial charge in [0, 0.05) is 11.4 Å². The fourth-order valence-electron chi connectivity index (χ4n) is 1.64. The third-order valence-electron chi connectivity index (χ3n) is 2.70. The molecule has 5 heteroatoms. The summed E-state index contributed by atoms with van der Waals surface area (Å²) in [4.78, 5) is 17.3. The van der Waals surface area contributed by atoms with Gasteiger partial charge in [0.1, 0.15) is 4.88 Å². The number of amides is 1. The van der Waals surface area contributed by atoms with E-state index in [2.05, 4.69) is 26.2 Å². The Morgan fingerprint density at radius 3 is 2.81 bits per heavy atom. The van der Waals surface area contributed by atoms with Crippen LogP contribution in [-0.4, -0.2) is 22.3 Å². The Morgan fingerprint density at radius 2 is 2.31 bits per heavy atom. The summed E-state index contributed by atoms with van der Waals surface area (Å²) in [5, 5.41) is 3.90. The highest BCUT2D eigenvalue weighted by atomic mass is 79.9. The normalized spacial score (nSPS) is 17.2. The zero-order valence-corrected chi connectivity index (χ0v) is 11.8. The van der Waals surface area contributed by atoms with Crippen LogP contribution in [0.4, 0.5) is 0 Å². The van der Waals surface area contributed by atoms with E-state index in [1.54, 1.807) is 0 Å². The van der Waals surface area contributed by atoms with E-state index in [0.29, 0.717) is 11.4 Å². The van der Waals surface area contributed by atoms with Crippen molar-refractivity contribution in [1.82, 2.24) is 10.3 Å². The van der Waals surface area contributed by atoms with Crippen molar-refractivity contribution in [1.29, 1.82) is 0 Å². The van der Waals surface area contributed by atoms with Crippen molar-refractivity contribution in [2.45, 2.75) is 31.5 Å². The predicted octanol–water partition coefficient (Wildman–Crippen LogP) is 2.66. The molecule has 1 aliphatic rings. The molecule has 88 valence electrons. The van der Waals surface area contributed by atoms with E-state index < -0.39 is 0 Å². The van der Waals surface area contributed by atoms with Crippen LogP contribution in [0.2, 0.25) is 0 Å². The molecule has 1 aliphatic carbocycles. The van der Waals surface area contributed by atoms with E-state index in [-0.39, 0.29) is 5.91 Å². The van der Waals surface area contributed by atoms with Crippen molar-refractivity contribution < 1.29 is 4.79 Å². The molecule has 1 aromatic rings. The Balaban J connectivity index is 1.89. The topological polar surface area (TPSA) is 42.0 Å². The van der Waals surface area contributed by atoms with E-state index in [4.69, 9.17) is 0 Å². The maximum absolute atomic E-state index is 11.9. The number of carbonyl (C=O) groups is 1. The molecular weight excluding hydrogens is 288 g/mol. The summed E-state index contributed by atoms with van der Waals surface area (Å²) in [5.41, 5.74) is 0.831. The van der Waals surface area contributed by atoms with Crippen LogP contribution in [0.5, 0.6) is 0 Å². The molecule has 0 saturated heterocycles. The van der Waals surface area contributed by atoms with Gasteiger partial charge in [-0.3, -0.25) is 4.79 Å². The number of thiazole rings is 1. The molecule has 0 aliphatic heterocycles. The largest absolute Gasteiger partial charge is 0.350 e. The number of nitrogens with zero attached hydrogens (tertiary/aromatic N) is 1. The van der Waals surface area contributed by atoms with Crippen LogP contribution in [-0.2, 0) is 0 Å². The van der Waals surface area contributed by atoms with Gasteiger partial charge in [0.2, 0.25) is 0 Å². The van der Waals surface area contributed by atoms with Gasteiger partial charge in [-0.2, -0.15) is 0 Å². The van der Waals surface area contributed by atoms with E-state index >= 15 is 0 Å². The molecule has 0 spiro atoms. The van der Waals surface area contributed by atoms with Crippen LogP contribution < -0.4 is 5.32 Å². The van der Waals surface area contributed by atoms with Crippen molar-refractivity contribution in [2.24, 2.45) is 5.92 Å². The lowest BCUT2D eigenvalue weighted by Crippen LogP contribution is -2.30. The number of halogens is 1. The number of alkyl halides is 1. The van der Waals surface area contributed by atoms with Gasteiger partial charge in [0.15, 0.2) is 0 Å². The van der Waals surface area contributed by atoms with Gasteiger partial charge < -0.3 is 5.32 Å². The van der Waals surface area contributed by atoms with Crippen LogP contribution in [0.3, 0.4) is 0 Å². The standard InChI is InChI=1S/C11H15BrN2OS/c1-6-10(16-7(2)14-6)11(15)13-5-9(12)8-3-4-8/h8-9H,3-5H2,1-2H3,(H,13,15). The number of hydrogen-bond donors (Lipinski definition) is 1. The predicted molar refractivity (Wildman–Crippen MR) is 69.4 cm³/mol. The summed E-state index contributed by atoms with van der Waals surface area (Å²) < 4.78 is 0. The number of carbonyl (C=O) groups excluding carboxylic acids is 1. The first-order valence-corrected chi connectivity index (χ1v) is 7.17. The molecule has 2 rings (SSSR count). The smallest absolute Gasteiger partial charge is 0.263 e. The third-order valence-corrected chi connectivity index (χ3v) is 4.84. The molecule has 0 bridgehead atoms. The monoisotopic (exact) mass is 302 g/mol. The quantitative estimate of drug-likeness (QED) is 0.869. The maximum Gasteiger partial charge on any atom is 0.263 e. The van der Waals surface area contributed by atoms with Crippen LogP contribution in [0, 0.1) is 19.8 Å². The summed E-state index contributed by atoms with van der Waals surface area (Å²) >= 11 is 5.06. The summed E-state index contributed by atoms with van der Waals surface area (Å²) in [6.07, 6.45) is 2.56. The summed E-state index contributed by atoms with van der Waals surface area (Å²) in [6, 6.07) is 0. The number of aryl methyl sites for hydroxylation is 2. The minimum Gasteiger partial charge on any atom is -0.350 e. The molecule has 1 fully saturated rings. The van der Waals surface area contributed by atoms with Crippen LogP contribution in [0.15, 0.2) is 0 Å². The van der Waals surface area contributed by atoms with Crippen LogP contribution in [0.25, 0.3) is 0 Å². The maximum atomic E-state index is 11.9. The zero-order valence-electron chi connectivity index (χ0n) is 9.42. The third kappa shape index (κ3) is 2.83. The van der Waals surface area contributed by atoms with Gasteiger partial charge >= 0.3 is 0 Å². The van der Waals surface area contributed by atoms with Crippen LogP contribution in [0.1, 0.15) is 33.2 Å². The Kier molecular flexibility index (Phi) is 3.64. The van der Waals surface area contributed by atoms with Gasteiger partial charge in [-0.15, -0.1) is 11.3 Å². The lowest BCUT2D eigenvalue weighted by Gasteiger charge is -2.09. The Hall–Kier alpha value is -0.420. The molecule has 1 saturated carbocycles. The Morgan fingerprint density at radius 1 is 1.62 bits per heavy atom. The molecule has 1 unspecified atom stereocenters. The minimum atomic E-state index is 0.00759. The van der Waals surface area contributed by atoms with Gasteiger partial charge in [-0.05, 0) is 32.6 Å². The molecule has 3 nitrogen and oxygen atoms in total. The van der Waals surface area contributed by atoms with Crippen molar-refractivity contribution in [3.8, 4) is 0 Å². The van der Waals surface area contributed by atoms with E-state index in [1.165, 1.54) is 24.2 Å². The number of nitrogens with one attached hydrogen (secondary N) is 1. The fourth-order valence-corrected chi connectivity index (χ4v) is 3.16. The van der Waals surface area contributed by atoms with Gasteiger partial charge in [-0.1, -0.05) is 15.9 Å². The molecule has 1 atom stereocenters. The van der Waals surface area contributed by atoms with Crippen molar-refractivity contribution in [3.63, 3.8) is 0 Å². The number of aromatic nitrogens is 1. The second-order valence-electron chi connectivity index (χ2n) is 4.21. The summed E-state index contributed by atoms with van der Waals surface area (Å²) in [6.45, 7) is 4.51. The van der Waals surface area contributed by atoms with Gasteiger partial charge in [-0.25, -0.2) is 4.98 Å². The SMILES string of the molecule is Cc1nc(C)c(C(=O)NCC(Br)C2CC2)s1. The van der Waals surface area contributed by atoms with Crippen LogP contribution >= 0.6 is 27.3 Å². The van der Waals surface area contributed by atoms with Crippen molar-refractivity contribution in [3.05, 3.63) is 15.6 Å². The molecule has 1 amide bonds. The first-order valence-electron chi connectivity index (χ1n) is 5.44. The highest BCUT2D eigenvalue weighted by Gasteiger charge is 2.29. The highest BCUT2D eigenvalue weighted by Crippen LogP contribution is 2.36. The molecule has 0 aromatic carbocycles. The molecule has 1 heterocycles. The molecule has 1 N–H and O–H groups in total. The Labute approximate surface area is 108 Å². The van der Waals surface area contributed by atoms with Crippen molar-refractivity contribution >= 4 is 33.2 Å². The first-order chi connectivity index (χ1) is 7.58. The fraction of sp³-hybridized carbons (Fsp3) is 0.636. The average molecular weight is 303 g/mol. The lowest BCUT2D eigenvalue weighted by atomic mass is 10.3. The van der Waals surface area contributed by atoms with E-state index in [1.807, 2.05) is 13.8 Å². The number of hydrogen-bond acceptors (Lipinski definition) is 3. The highest BCUT2D eigenvalue weighted by molar-refractivity contribution is 9.09. The molecule has 16 heavy (non-hydrogen) atoms. The summed E-state index contributed by atoms with van der Waals surface area (Å²) in [5.74, 6) is 0.762. The average Bonchev–Trinajstić information content (AvgIpc) is 3.01. The molecule has 0 radical (unpaired) electrons. The van der Waals surface area contributed by atoms with Gasteiger partial charge in [0.05, 0.1) is 10.7 Å². The summed E-state index contributed by atoms with van der Waals surface area (Å²) in [7, 11) is 0. The second kappa shape index (κ2) is 4.84. The van der Waals surface area contributed by atoms with Gasteiger partial charge in [0.25, 0.3) is 5.91 Å². The molecule has 1 aromatic heterocycles. The first kappa shape index (κ1) is 12.0. The zero-order chi connectivity index (χ0) is 11.7. The van der Waals surface area contributed by atoms with E-state index in [0.717, 1.165) is 21.5 Å². The second-order valence-corrected chi connectivity index (χ2v) is 6.59. The molecular formula is C11H15BrN2OS. The lowest BCUT2D eigenvalue weighted by molar-refractivity contribution is 0.0956.